The van der Waals surface area contributed by atoms with Crippen LogP contribution < -0.4 is 21.3 Å². The molecular weight excluding hydrogens is 428 g/mol. The van der Waals surface area contributed by atoms with Crippen molar-refractivity contribution in [3.05, 3.63) is 95.6 Å². The van der Waals surface area contributed by atoms with Crippen molar-refractivity contribution in [3.8, 4) is 0 Å². The molecule has 3 aromatic rings. The molecular formula is C23H20N4O2S2. The van der Waals surface area contributed by atoms with E-state index in [1.807, 2.05) is 31.2 Å². The lowest BCUT2D eigenvalue weighted by atomic mass is 10.2. The number of carbonyl (C=O) groups excluding carboxylic acids is 2. The van der Waals surface area contributed by atoms with Gasteiger partial charge in [-0.1, -0.05) is 42.5 Å². The molecule has 0 bridgehead atoms. The van der Waals surface area contributed by atoms with Crippen LogP contribution in [0.4, 0.5) is 11.4 Å². The molecule has 0 saturated heterocycles. The second kappa shape index (κ2) is 10.4. The SMILES string of the molecule is Cc1ccc(NC(=S)NC(=O)c2ccccc2)c(NC(=S)NC(=O)c2ccccc2)c1. The van der Waals surface area contributed by atoms with Crippen LogP contribution in [0.3, 0.4) is 0 Å². The summed E-state index contributed by atoms with van der Waals surface area (Å²) < 4.78 is 0. The predicted molar refractivity (Wildman–Crippen MR) is 131 cm³/mol. The lowest BCUT2D eigenvalue weighted by Crippen LogP contribution is -2.36. The first-order valence-corrected chi connectivity index (χ1v) is 10.2. The third kappa shape index (κ3) is 6.43. The fourth-order valence-electron chi connectivity index (χ4n) is 2.71. The molecule has 3 rings (SSSR count). The summed E-state index contributed by atoms with van der Waals surface area (Å²) in [4.78, 5) is 24.6. The van der Waals surface area contributed by atoms with Gasteiger partial charge in [0.1, 0.15) is 0 Å². The van der Waals surface area contributed by atoms with Gasteiger partial charge >= 0.3 is 0 Å². The monoisotopic (exact) mass is 448 g/mol. The maximum absolute atomic E-state index is 12.3. The highest BCUT2D eigenvalue weighted by Crippen LogP contribution is 2.23. The first-order chi connectivity index (χ1) is 14.9. The standard InChI is InChI=1S/C23H20N4O2S2/c1-15-12-13-18(24-22(30)26-20(28)16-8-4-2-5-9-16)19(14-15)25-23(31)27-21(29)17-10-6-3-7-11-17/h2-14H,1H3,(H2,24,26,28,30)(H2,25,27,29,31). The van der Waals surface area contributed by atoms with E-state index in [9.17, 15) is 9.59 Å². The van der Waals surface area contributed by atoms with E-state index in [-0.39, 0.29) is 22.0 Å². The van der Waals surface area contributed by atoms with E-state index in [1.165, 1.54) is 0 Å². The van der Waals surface area contributed by atoms with Gasteiger partial charge in [-0.2, -0.15) is 0 Å². The molecule has 156 valence electrons. The van der Waals surface area contributed by atoms with Gasteiger partial charge in [-0.25, -0.2) is 0 Å². The largest absolute Gasteiger partial charge is 0.331 e. The number of aryl methyl sites for hydroxylation is 1. The third-order valence-corrected chi connectivity index (χ3v) is 4.61. The lowest BCUT2D eigenvalue weighted by molar-refractivity contribution is 0.0969. The van der Waals surface area contributed by atoms with E-state index in [2.05, 4.69) is 21.3 Å². The van der Waals surface area contributed by atoms with Crippen LogP contribution in [0.5, 0.6) is 0 Å². The zero-order valence-electron chi connectivity index (χ0n) is 16.6. The van der Waals surface area contributed by atoms with Crippen molar-refractivity contribution in [2.45, 2.75) is 6.92 Å². The molecule has 0 heterocycles. The molecule has 0 aromatic heterocycles. The Hall–Kier alpha value is -3.62. The molecule has 0 aliphatic heterocycles. The van der Waals surface area contributed by atoms with Crippen LogP contribution in [0.2, 0.25) is 0 Å². The fraction of sp³-hybridized carbons (Fsp3) is 0.0435. The Balaban J connectivity index is 1.66. The number of amides is 2. The van der Waals surface area contributed by atoms with E-state index in [0.29, 0.717) is 22.5 Å². The number of rotatable bonds is 4. The number of carbonyl (C=O) groups is 2. The van der Waals surface area contributed by atoms with Gasteiger partial charge in [0.2, 0.25) is 0 Å². The number of benzene rings is 3. The van der Waals surface area contributed by atoms with Crippen molar-refractivity contribution in [2.24, 2.45) is 0 Å². The average Bonchev–Trinajstić information content (AvgIpc) is 2.76. The zero-order chi connectivity index (χ0) is 22.2. The van der Waals surface area contributed by atoms with E-state index < -0.39 is 0 Å². The topological polar surface area (TPSA) is 82.3 Å². The van der Waals surface area contributed by atoms with E-state index in [4.69, 9.17) is 24.4 Å². The maximum atomic E-state index is 12.3. The first kappa shape index (κ1) is 22.1. The Kier molecular flexibility index (Phi) is 7.42. The van der Waals surface area contributed by atoms with Gasteiger partial charge in [0.05, 0.1) is 11.4 Å². The second-order valence-corrected chi connectivity index (χ2v) is 7.41. The summed E-state index contributed by atoms with van der Waals surface area (Å²) in [6.07, 6.45) is 0. The third-order valence-electron chi connectivity index (χ3n) is 4.20. The molecule has 6 nitrogen and oxygen atoms in total. The summed E-state index contributed by atoms with van der Waals surface area (Å²) in [6, 6.07) is 23.1. The Morgan fingerprint density at radius 3 is 1.58 bits per heavy atom. The van der Waals surface area contributed by atoms with Crippen LogP contribution in [-0.4, -0.2) is 22.0 Å². The molecule has 0 aliphatic rings. The van der Waals surface area contributed by atoms with Crippen LogP contribution in [0, 0.1) is 6.92 Å². The molecule has 4 N–H and O–H groups in total. The zero-order valence-corrected chi connectivity index (χ0v) is 18.3. The van der Waals surface area contributed by atoms with Crippen molar-refractivity contribution in [2.75, 3.05) is 10.6 Å². The van der Waals surface area contributed by atoms with Gasteiger partial charge in [0.25, 0.3) is 11.8 Å². The van der Waals surface area contributed by atoms with Gasteiger partial charge in [-0.05, 0) is 73.3 Å². The van der Waals surface area contributed by atoms with Gasteiger partial charge in [0, 0.05) is 11.1 Å². The number of hydrogen-bond acceptors (Lipinski definition) is 4. The Morgan fingerprint density at radius 2 is 1.10 bits per heavy atom. The molecule has 0 saturated carbocycles. The van der Waals surface area contributed by atoms with E-state index >= 15 is 0 Å². The normalized spacial score (nSPS) is 9.97. The summed E-state index contributed by atoms with van der Waals surface area (Å²) >= 11 is 10.6. The van der Waals surface area contributed by atoms with Gasteiger partial charge in [-0.3, -0.25) is 20.2 Å². The van der Waals surface area contributed by atoms with Crippen LogP contribution in [0.15, 0.2) is 78.9 Å². The van der Waals surface area contributed by atoms with Gasteiger partial charge < -0.3 is 10.6 Å². The summed E-state index contributed by atoms with van der Waals surface area (Å²) in [5, 5.41) is 11.6. The molecule has 3 aromatic carbocycles. The lowest BCUT2D eigenvalue weighted by Gasteiger charge is -2.16. The van der Waals surface area contributed by atoms with Crippen molar-refractivity contribution < 1.29 is 9.59 Å². The summed E-state index contributed by atoms with van der Waals surface area (Å²) in [5.41, 5.74) is 3.18. The summed E-state index contributed by atoms with van der Waals surface area (Å²) in [7, 11) is 0. The van der Waals surface area contributed by atoms with Crippen LogP contribution in [-0.2, 0) is 0 Å². The van der Waals surface area contributed by atoms with Crippen molar-refractivity contribution in [3.63, 3.8) is 0 Å². The van der Waals surface area contributed by atoms with E-state index in [0.717, 1.165) is 5.56 Å². The second-order valence-electron chi connectivity index (χ2n) is 6.60. The highest BCUT2D eigenvalue weighted by Gasteiger charge is 2.12. The molecule has 31 heavy (non-hydrogen) atoms. The fourth-order valence-corrected chi connectivity index (χ4v) is 3.11. The van der Waals surface area contributed by atoms with Gasteiger partial charge in [0.15, 0.2) is 10.2 Å². The molecule has 2 amide bonds. The smallest absolute Gasteiger partial charge is 0.257 e. The minimum atomic E-state index is -0.314. The van der Waals surface area contributed by atoms with Gasteiger partial charge in [-0.15, -0.1) is 0 Å². The highest BCUT2D eigenvalue weighted by molar-refractivity contribution is 7.80. The molecule has 0 fully saturated rings. The first-order valence-electron chi connectivity index (χ1n) is 9.38. The number of hydrogen-bond donors (Lipinski definition) is 4. The quantitative estimate of drug-likeness (QED) is 0.447. The van der Waals surface area contributed by atoms with Crippen molar-refractivity contribution >= 4 is 57.8 Å². The maximum Gasteiger partial charge on any atom is 0.257 e. The van der Waals surface area contributed by atoms with Crippen LogP contribution in [0.1, 0.15) is 26.3 Å². The predicted octanol–water partition coefficient (Wildman–Crippen LogP) is 4.25. The van der Waals surface area contributed by atoms with Crippen LogP contribution in [0.25, 0.3) is 0 Å². The molecule has 0 atom stereocenters. The molecule has 0 spiro atoms. The molecule has 0 unspecified atom stereocenters. The van der Waals surface area contributed by atoms with E-state index in [1.54, 1.807) is 54.6 Å². The summed E-state index contributed by atoms with van der Waals surface area (Å²) in [6.45, 7) is 1.93. The Bertz CT molecular complexity index is 1120. The Labute approximate surface area is 191 Å². The van der Waals surface area contributed by atoms with Crippen molar-refractivity contribution in [1.82, 2.24) is 10.6 Å². The van der Waals surface area contributed by atoms with Crippen LogP contribution >= 0.6 is 24.4 Å². The molecule has 0 aliphatic carbocycles. The average molecular weight is 449 g/mol. The minimum Gasteiger partial charge on any atom is -0.331 e. The minimum absolute atomic E-state index is 0.139. The number of anilines is 2. The number of nitrogens with one attached hydrogen (secondary N) is 4. The molecule has 8 heteroatoms. The number of thiocarbonyl (C=S) groups is 2. The molecule has 0 radical (unpaired) electrons. The Morgan fingerprint density at radius 1 is 0.645 bits per heavy atom. The van der Waals surface area contributed by atoms with Crippen molar-refractivity contribution in [1.29, 1.82) is 0 Å². The highest BCUT2D eigenvalue weighted by atomic mass is 32.1. The summed E-state index contributed by atoms with van der Waals surface area (Å²) in [5.74, 6) is -0.628.